The summed E-state index contributed by atoms with van der Waals surface area (Å²) in [5.41, 5.74) is 1.88. The first kappa shape index (κ1) is 17.3. The van der Waals surface area contributed by atoms with Crippen LogP contribution in [-0.4, -0.2) is 40.0 Å². The molecule has 0 spiro atoms. The first-order valence-corrected chi connectivity index (χ1v) is 9.63. The molecule has 0 radical (unpaired) electrons. The molecule has 3 rings (SSSR count). The summed E-state index contributed by atoms with van der Waals surface area (Å²) in [5, 5.41) is 6.11. The fraction of sp³-hybridized carbons (Fsp3) is 0.562. The molecule has 0 aromatic heterocycles. The SMILES string of the molecule is CC1CCNCC1NC(=O)CNS(=O)(=O)c1ccc2c(c1)COC2. The molecular weight excluding hydrogens is 330 g/mol. The molecule has 24 heavy (non-hydrogen) atoms. The predicted octanol–water partition coefficient (Wildman–Crippen LogP) is 0.109. The standard InChI is InChI=1S/C16H23N3O4S/c1-11-4-5-17-7-15(11)19-16(20)8-18-24(21,22)14-3-2-12-9-23-10-13(12)6-14/h2-3,6,11,15,17-18H,4-5,7-10H2,1H3,(H,19,20). The van der Waals surface area contributed by atoms with E-state index in [1.807, 2.05) is 0 Å². The Kier molecular flexibility index (Phi) is 5.19. The lowest BCUT2D eigenvalue weighted by Crippen LogP contribution is -2.52. The quantitative estimate of drug-likeness (QED) is 0.698. The molecule has 3 N–H and O–H groups in total. The number of hydrogen-bond acceptors (Lipinski definition) is 5. The number of hydrogen-bond donors (Lipinski definition) is 3. The first-order valence-electron chi connectivity index (χ1n) is 8.15. The Labute approximate surface area is 142 Å². The second kappa shape index (κ2) is 7.18. The van der Waals surface area contributed by atoms with Gasteiger partial charge < -0.3 is 15.4 Å². The van der Waals surface area contributed by atoms with Crippen LogP contribution < -0.4 is 15.4 Å². The largest absolute Gasteiger partial charge is 0.372 e. The van der Waals surface area contributed by atoms with Crippen molar-refractivity contribution in [1.29, 1.82) is 0 Å². The van der Waals surface area contributed by atoms with E-state index >= 15 is 0 Å². The van der Waals surface area contributed by atoms with Crippen LogP contribution in [0.4, 0.5) is 0 Å². The molecule has 0 bridgehead atoms. The second-order valence-electron chi connectivity index (χ2n) is 6.39. The molecule has 132 valence electrons. The van der Waals surface area contributed by atoms with Gasteiger partial charge in [0, 0.05) is 12.6 Å². The van der Waals surface area contributed by atoms with Crippen molar-refractivity contribution in [1.82, 2.24) is 15.4 Å². The van der Waals surface area contributed by atoms with E-state index in [4.69, 9.17) is 4.74 Å². The van der Waals surface area contributed by atoms with Gasteiger partial charge in [0.25, 0.3) is 0 Å². The summed E-state index contributed by atoms with van der Waals surface area (Å²) in [5.74, 6) is 0.0622. The van der Waals surface area contributed by atoms with Gasteiger partial charge in [-0.05, 0) is 42.1 Å². The Bertz CT molecular complexity index is 720. The molecule has 0 saturated carbocycles. The number of carbonyl (C=O) groups excluding carboxylic acids is 1. The molecule has 2 heterocycles. The zero-order valence-corrected chi connectivity index (χ0v) is 14.5. The third-order valence-electron chi connectivity index (χ3n) is 4.60. The number of benzene rings is 1. The van der Waals surface area contributed by atoms with Gasteiger partial charge in [-0.1, -0.05) is 13.0 Å². The molecule has 8 heteroatoms. The van der Waals surface area contributed by atoms with E-state index in [0.717, 1.165) is 24.1 Å². The van der Waals surface area contributed by atoms with Crippen LogP contribution in [0.15, 0.2) is 23.1 Å². The summed E-state index contributed by atoms with van der Waals surface area (Å²) in [6.07, 6.45) is 0.994. The van der Waals surface area contributed by atoms with Crippen LogP contribution in [0.5, 0.6) is 0 Å². The lowest BCUT2D eigenvalue weighted by Gasteiger charge is -2.30. The molecule has 1 saturated heterocycles. The molecule has 2 unspecified atom stereocenters. The van der Waals surface area contributed by atoms with Gasteiger partial charge in [-0.25, -0.2) is 13.1 Å². The van der Waals surface area contributed by atoms with Crippen molar-refractivity contribution >= 4 is 15.9 Å². The summed E-state index contributed by atoms with van der Waals surface area (Å²) in [7, 11) is -3.71. The topological polar surface area (TPSA) is 96.5 Å². The van der Waals surface area contributed by atoms with Gasteiger partial charge >= 0.3 is 0 Å². The number of ether oxygens (including phenoxy) is 1. The normalized spacial score (nSPS) is 23.7. The average molecular weight is 353 g/mol. The van der Waals surface area contributed by atoms with Gasteiger partial charge in [0.2, 0.25) is 15.9 Å². The van der Waals surface area contributed by atoms with Gasteiger partial charge in [-0.15, -0.1) is 0 Å². The van der Waals surface area contributed by atoms with Crippen LogP contribution in [0.3, 0.4) is 0 Å². The smallest absolute Gasteiger partial charge is 0.241 e. The maximum absolute atomic E-state index is 12.3. The van der Waals surface area contributed by atoms with Crippen molar-refractivity contribution in [2.24, 2.45) is 5.92 Å². The van der Waals surface area contributed by atoms with E-state index in [2.05, 4.69) is 22.3 Å². The first-order chi connectivity index (χ1) is 11.5. The van der Waals surface area contributed by atoms with Crippen molar-refractivity contribution < 1.29 is 17.9 Å². The predicted molar refractivity (Wildman–Crippen MR) is 88.7 cm³/mol. The summed E-state index contributed by atoms with van der Waals surface area (Å²) < 4.78 is 32.4. The van der Waals surface area contributed by atoms with E-state index in [0.29, 0.717) is 25.7 Å². The molecule has 2 aliphatic rings. The second-order valence-corrected chi connectivity index (χ2v) is 8.16. The Morgan fingerprint density at radius 1 is 1.33 bits per heavy atom. The molecule has 7 nitrogen and oxygen atoms in total. The van der Waals surface area contributed by atoms with Crippen LogP contribution in [-0.2, 0) is 32.8 Å². The minimum Gasteiger partial charge on any atom is -0.372 e. The lowest BCUT2D eigenvalue weighted by atomic mass is 9.95. The molecule has 1 fully saturated rings. The van der Waals surface area contributed by atoms with Gasteiger partial charge in [0.1, 0.15) is 0 Å². The number of carbonyl (C=O) groups is 1. The number of fused-ring (bicyclic) bond motifs is 1. The van der Waals surface area contributed by atoms with Gasteiger partial charge in [-0.2, -0.15) is 0 Å². The molecule has 0 aliphatic carbocycles. The van der Waals surface area contributed by atoms with Crippen LogP contribution >= 0.6 is 0 Å². The highest BCUT2D eigenvalue weighted by Gasteiger charge is 2.24. The van der Waals surface area contributed by atoms with Crippen LogP contribution in [0.2, 0.25) is 0 Å². The van der Waals surface area contributed by atoms with Crippen molar-refractivity contribution in [2.75, 3.05) is 19.6 Å². The van der Waals surface area contributed by atoms with E-state index in [-0.39, 0.29) is 23.4 Å². The zero-order chi connectivity index (χ0) is 17.2. The van der Waals surface area contributed by atoms with E-state index in [1.54, 1.807) is 18.2 Å². The Hall–Kier alpha value is -1.48. The molecule has 1 amide bonds. The molecule has 1 aromatic carbocycles. The van der Waals surface area contributed by atoms with Crippen LogP contribution in [0.1, 0.15) is 24.5 Å². The monoisotopic (exact) mass is 353 g/mol. The van der Waals surface area contributed by atoms with Gasteiger partial charge in [0.15, 0.2) is 0 Å². The summed E-state index contributed by atoms with van der Waals surface area (Å²) in [6.45, 7) is 4.42. The van der Waals surface area contributed by atoms with E-state index in [9.17, 15) is 13.2 Å². The van der Waals surface area contributed by atoms with E-state index in [1.165, 1.54) is 0 Å². The zero-order valence-electron chi connectivity index (χ0n) is 13.7. The van der Waals surface area contributed by atoms with Crippen molar-refractivity contribution in [3.05, 3.63) is 29.3 Å². The fourth-order valence-corrected chi connectivity index (χ4v) is 4.03. The molecule has 2 atom stereocenters. The van der Waals surface area contributed by atoms with Crippen molar-refractivity contribution in [2.45, 2.75) is 37.5 Å². The highest BCUT2D eigenvalue weighted by atomic mass is 32.2. The Balaban J connectivity index is 1.57. The van der Waals surface area contributed by atoms with Crippen molar-refractivity contribution in [3.63, 3.8) is 0 Å². The Morgan fingerprint density at radius 3 is 2.92 bits per heavy atom. The number of nitrogens with one attached hydrogen (secondary N) is 3. The number of sulfonamides is 1. The Morgan fingerprint density at radius 2 is 2.12 bits per heavy atom. The summed E-state index contributed by atoms with van der Waals surface area (Å²) in [4.78, 5) is 12.2. The molecule has 1 aromatic rings. The minimum absolute atomic E-state index is 0.0351. The summed E-state index contributed by atoms with van der Waals surface area (Å²) in [6, 6.07) is 4.94. The van der Waals surface area contributed by atoms with Gasteiger partial charge in [0.05, 0.1) is 24.7 Å². The maximum atomic E-state index is 12.3. The highest BCUT2D eigenvalue weighted by molar-refractivity contribution is 7.89. The van der Waals surface area contributed by atoms with Crippen LogP contribution in [0, 0.1) is 5.92 Å². The number of piperidine rings is 1. The molecular formula is C16H23N3O4S. The van der Waals surface area contributed by atoms with E-state index < -0.39 is 10.0 Å². The summed E-state index contributed by atoms with van der Waals surface area (Å²) >= 11 is 0. The number of amides is 1. The third kappa shape index (κ3) is 3.94. The van der Waals surface area contributed by atoms with Crippen molar-refractivity contribution in [3.8, 4) is 0 Å². The lowest BCUT2D eigenvalue weighted by molar-refractivity contribution is -0.121. The van der Waals surface area contributed by atoms with Crippen LogP contribution in [0.25, 0.3) is 0 Å². The third-order valence-corrected chi connectivity index (χ3v) is 6.00. The number of rotatable bonds is 5. The maximum Gasteiger partial charge on any atom is 0.241 e. The molecule has 2 aliphatic heterocycles. The minimum atomic E-state index is -3.71. The fourth-order valence-electron chi connectivity index (χ4n) is 3.00. The average Bonchev–Trinajstić information content (AvgIpc) is 3.03. The van der Waals surface area contributed by atoms with Gasteiger partial charge in [-0.3, -0.25) is 4.79 Å². The highest BCUT2D eigenvalue weighted by Crippen LogP contribution is 2.22.